The first-order valence-electron chi connectivity index (χ1n) is 3.47. The maximum atomic E-state index is 10.7. The number of esters is 1. The largest absolute Gasteiger partial charge is 0.462 e. The zero-order chi connectivity index (χ0) is 10.1. The summed E-state index contributed by atoms with van der Waals surface area (Å²) in [7, 11) is 0. The predicted octanol–water partition coefficient (Wildman–Crippen LogP) is 0.731. The molecule has 0 aliphatic rings. The number of ether oxygens (including phenoxy) is 1. The van der Waals surface area contributed by atoms with Gasteiger partial charge in [0.25, 0.3) is 0 Å². The van der Waals surface area contributed by atoms with E-state index in [0.717, 1.165) is 12.2 Å². The normalized spacial score (nSPS) is 10.0. The topological polar surface area (TPSA) is 72.8 Å². The van der Waals surface area contributed by atoms with Crippen molar-refractivity contribution in [3.05, 3.63) is 12.2 Å². The molecule has 13 heavy (non-hydrogen) atoms. The molecule has 0 radical (unpaired) electrons. The van der Waals surface area contributed by atoms with Gasteiger partial charge in [-0.25, -0.2) is 9.59 Å². The molecule has 6 heteroatoms. The van der Waals surface area contributed by atoms with Crippen LogP contribution >= 0.6 is 11.6 Å². The van der Waals surface area contributed by atoms with Gasteiger partial charge in [0.1, 0.15) is 0 Å². The highest BCUT2D eigenvalue weighted by Crippen LogP contribution is 1.88. The Morgan fingerprint density at radius 1 is 1.31 bits per heavy atom. The van der Waals surface area contributed by atoms with E-state index in [4.69, 9.17) is 16.9 Å². The SMILES string of the molecule is O=C(/C=C\C(=O)OCCCCl)OO. The van der Waals surface area contributed by atoms with Crippen LogP contribution in [0.25, 0.3) is 0 Å². The van der Waals surface area contributed by atoms with Crippen molar-refractivity contribution in [1.29, 1.82) is 0 Å². The van der Waals surface area contributed by atoms with Crippen LogP contribution in [-0.4, -0.2) is 29.7 Å². The molecule has 0 heterocycles. The molecule has 0 atom stereocenters. The Balaban J connectivity index is 3.61. The molecule has 0 amide bonds. The summed E-state index contributed by atoms with van der Waals surface area (Å²) in [6.07, 6.45) is 2.15. The minimum Gasteiger partial charge on any atom is -0.462 e. The molecular weight excluding hydrogens is 200 g/mol. The summed E-state index contributed by atoms with van der Waals surface area (Å²) in [5.41, 5.74) is 0. The van der Waals surface area contributed by atoms with Crippen LogP contribution in [0.15, 0.2) is 12.2 Å². The van der Waals surface area contributed by atoms with Gasteiger partial charge in [0.15, 0.2) is 0 Å². The maximum absolute atomic E-state index is 10.7. The third-order valence-electron chi connectivity index (χ3n) is 0.968. The Morgan fingerprint density at radius 3 is 2.46 bits per heavy atom. The summed E-state index contributed by atoms with van der Waals surface area (Å²) < 4.78 is 4.58. The van der Waals surface area contributed by atoms with Crippen LogP contribution in [0.5, 0.6) is 0 Å². The lowest BCUT2D eigenvalue weighted by molar-refractivity contribution is -0.228. The first-order chi connectivity index (χ1) is 6.20. The minimum absolute atomic E-state index is 0.195. The fraction of sp³-hybridized carbons (Fsp3) is 0.429. The highest BCUT2D eigenvalue weighted by molar-refractivity contribution is 6.17. The Hall–Kier alpha value is -1.07. The monoisotopic (exact) mass is 208 g/mol. The van der Waals surface area contributed by atoms with Gasteiger partial charge in [0.2, 0.25) is 0 Å². The lowest BCUT2D eigenvalue weighted by Crippen LogP contribution is -2.04. The van der Waals surface area contributed by atoms with Crippen LogP contribution in [-0.2, 0) is 19.2 Å². The van der Waals surface area contributed by atoms with Crippen molar-refractivity contribution in [1.82, 2.24) is 0 Å². The number of hydrogen-bond donors (Lipinski definition) is 1. The average molecular weight is 209 g/mol. The second kappa shape index (κ2) is 7.57. The molecule has 5 nitrogen and oxygen atoms in total. The van der Waals surface area contributed by atoms with Crippen molar-refractivity contribution >= 4 is 23.5 Å². The van der Waals surface area contributed by atoms with Gasteiger partial charge < -0.3 is 4.74 Å². The summed E-state index contributed by atoms with van der Waals surface area (Å²) in [5.74, 6) is -1.32. The second-order valence-corrected chi connectivity index (χ2v) is 2.33. The second-order valence-electron chi connectivity index (χ2n) is 1.95. The molecule has 0 rings (SSSR count). The molecule has 0 saturated heterocycles. The number of carbonyl (C=O) groups excluding carboxylic acids is 2. The summed E-state index contributed by atoms with van der Waals surface area (Å²) in [6, 6.07) is 0. The van der Waals surface area contributed by atoms with Crippen molar-refractivity contribution in [3.8, 4) is 0 Å². The zero-order valence-corrected chi connectivity index (χ0v) is 7.49. The Morgan fingerprint density at radius 2 is 1.92 bits per heavy atom. The van der Waals surface area contributed by atoms with Crippen molar-refractivity contribution < 1.29 is 24.5 Å². The predicted molar refractivity (Wildman–Crippen MR) is 44.2 cm³/mol. The van der Waals surface area contributed by atoms with Crippen LogP contribution in [0.3, 0.4) is 0 Å². The van der Waals surface area contributed by atoms with E-state index in [-0.39, 0.29) is 6.61 Å². The molecule has 74 valence electrons. The third-order valence-corrected chi connectivity index (χ3v) is 1.24. The van der Waals surface area contributed by atoms with E-state index in [1.165, 1.54) is 0 Å². The standard InChI is InChI=1S/C7H9ClO5/c8-4-1-5-12-6(9)2-3-7(10)13-11/h2-3,11H,1,4-5H2/b3-2-. The van der Waals surface area contributed by atoms with E-state index in [1.54, 1.807) is 0 Å². The molecule has 0 aromatic heterocycles. The first kappa shape index (κ1) is 11.9. The number of rotatable bonds is 5. The fourth-order valence-electron chi connectivity index (χ4n) is 0.442. The van der Waals surface area contributed by atoms with Gasteiger partial charge in [0.05, 0.1) is 6.61 Å². The molecule has 0 aliphatic heterocycles. The number of alkyl halides is 1. The Kier molecular flexibility index (Phi) is 6.95. The molecule has 1 N–H and O–H groups in total. The fourth-order valence-corrected chi connectivity index (χ4v) is 0.551. The molecule has 0 aliphatic carbocycles. The number of carbonyl (C=O) groups is 2. The van der Waals surface area contributed by atoms with E-state index in [2.05, 4.69) is 9.62 Å². The molecule has 0 spiro atoms. The molecule has 0 unspecified atom stereocenters. The van der Waals surface area contributed by atoms with Gasteiger partial charge in [-0.1, -0.05) is 0 Å². The Bertz CT molecular complexity index is 201. The maximum Gasteiger partial charge on any atom is 0.365 e. The van der Waals surface area contributed by atoms with E-state index in [0.29, 0.717) is 12.3 Å². The lowest BCUT2D eigenvalue weighted by atomic mass is 10.5. The van der Waals surface area contributed by atoms with Gasteiger partial charge in [-0.15, -0.1) is 11.6 Å². The van der Waals surface area contributed by atoms with Crippen molar-refractivity contribution in [2.45, 2.75) is 6.42 Å². The molecule has 0 aromatic carbocycles. The summed E-state index contributed by atoms with van der Waals surface area (Å²) in [4.78, 5) is 24.2. The van der Waals surface area contributed by atoms with Crippen LogP contribution in [0.4, 0.5) is 0 Å². The Labute approximate surface area is 79.8 Å². The van der Waals surface area contributed by atoms with Crippen LogP contribution in [0.2, 0.25) is 0 Å². The molecule has 0 saturated carbocycles. The lowest BCUT2D eigenvalue weighted by Gasteiger charge is -1.97. The quantitative estimate of drug-likeness (QED) is 0.180. The van der Waals surface area contributed by atoms with Crippen molar-refractivity contribution in [3.63, 3.8) is 0 Å². The highest BCUT2D eigenvalue weighted by Gasteiger charge is 1.99. The summed E-state index contributed by atoms with van der Waals surface area (Å²) in [6.45, 7) is 0.195. The van der Waals surface area contributed by atoms with E-state index in [9.17, 15) is 9.59 Å². The summed E-state index contributed by atoms with van der Waals surface area (Å²) >= 11 is 5.32. The van der Waals surface area contributed by atoms with E-state index in [1.807, 2.05) is 0 Å². The van der Waals surface area contributed by atoms with E-state index >= 15 is 0 Å². The minimum atomic E-state index is -1.03. The highest BCUT2D eigenvalue weighted by atomic mass is 35.5. The molecular formula is C7H9ClO5. The van der Waals surface area contributed by atoms with Crippen molar-refractivity contribution in [2.24, 2.45) is 0 Å². The van der Waals surface area contributed by atoms with Crippen LogP contribution in [0.1, 0.15) is 6.42 Å². The van der Waals surface area contributed by atoms with Gasteiger partial charge in [-0.3, -0.25) is 4.89 Å². The number of halogens is 1. The molecule has 0 aromatic rings. The summed E-state index contributed by atoms with van der Waals surface area (Å²) in [5, 5.41) is 7.79. The molecule has 0 fully saturated rings. The zero-order valence-electron chi connectivity index (χ0n) is 6.73. The van der Waals surface area contributed by atoms with Crippen LogP contribution in [0, 0.1) is 0 Å². The van der Waals surface area contributed by atoms with Gasteiger partial charge in [-0.05, 0) is 6.42 Å². The first-order valence-corrected chi connectivity index (χ1v) is 4.00. The average Bonchev–Trinajstić information content (AvgIpc) is 2.14. The smallest absolute Gasteiger partial charge is 0.365 e. The van der Waals surface area contributed by atoms with Gasteiger partial charge in [-0.2, -0.15) is 5.26 Å². The van der Waals surface area contributed by atoms with Gasteiger partial charge in [0, 0.05) is 18.0 Å². The van der Waals surface area contributed by atoms with Gasteiger partial charge >= 0.3 is 11.9 Å². The third kappa shape index (κ3) is 7.30. The van der Waals surface area contributed by atoms with Crippen LogP contribution < -0.4 is 0 Å². The molecule has 0 bridgehead atoms. The van der Waals surface area contributed by atoms with E-state index < -0.39 is 11.9 Å². The van der Waals surface area contributed by atoms with Crippen molar-refractivity contribution in [2.75, 3.05) is 12.5 Å². The number of hydrogen-bond acceptors (Lipinski definition) is 5.